The summed E-state index contributed by atoms with van der Waals surface area (Å²) in [6.07, 6.45) is 0. The van der Waals surface area contributed by atoms with Gasteiger partial charge in [0.1, 0.15) is 5.82 Å². The molecule has 0 atom stereocenters. The van der Waals surface area contributed by atoms with Crippen molar-refractivity contribution in [3.63, 3.8) is 0 Å². The summed E-state index contributed by atoms with van der Waals surface area (Å²) in [7, 11) is 1.47. The number of rotatable bonds is 4. The average Bonchev–Trinajstić information content (AvgIpc) is 2.64. The van der Waals surface area contributed by atoms with Crippen LogP contribution < -0.4 is 5.73 Å². The Morgan fingerprint density at radius 3 is 2.56 bits per heavy atom. The first-order chi connectivity index (χ1) is 7.41. The molecule has 0 fully saturated rings. The molecular weight excluding hydrogens is 210 g/mol. The molecule has 7 heteroatoms. The standard InChI is InChI=1S/C9H15N5O2/c1-5(2)7-11-8(13-12-7)9(16)14(3)4-6(10)15/h5H,4H2,1-3H3,(H2,10,15)(H,11,12,13). The topological polar surface area (TPSA) is 105 Å². The number of aromatic nitrogens is 3. The zero-order chi connectivity index (χ0) is 12.3. The van der Waals surface area contributed by atoms with E-state index in [-0.39, 0.29) is 18.3 Å². The summed E-state index contributed by atoms with van der Waals surface area (Å²) in [5.74, 6) is -0.156. The van der Waals surface area contributed by atoms with Gasteiger partial charge >= 0.3 is 0 Å². The molecule has 2 amide bonds. The van der Waals surface area contributed by atoms with Crippen LogP contribution in [0.5, 0.6) is 0 Å². The minimum Gasteiger partial charge on any atom is -0.368 e. The molecule has 0 radical (unpaired) electrons. The fourth-order valence-corrected chi connectivity index (χ4v) is 1.10. The molecule has 0 spiro atoms. The lowest BCUT2D eigenvalue weighted by molar-refractivity contribution is -0.118. The lowest BCUT2D eigenvalue weighted by atomic mass is 10.2. The molecule has 0 aromatic carbocycles. The van der Waals surface area contributed by atoms with Gasteiger partial charge in [-0.1, -0.05) is 13.8 Å². The minimum absolute atomic E-state index is 0.0486. The van der Waals surface area contributed by atoms with Gasteiger partial charge in [0, 0.05) is 13.0 Å². The SMILES string of the molecule is CC(C)c1nc(C(=O)N(C)CC(N)=O)n[nH]1. The van der Waals surface area contributed by atoms with Gasteiger partial charge in [-0.3, -0.25) is 14.7 Å². The summed E-state index contributed by atoms with van der Waals surface area (Å²) in [5, 5.41) is 6.46. The Morgan fingerprint density at radius 1 is 1.50 bits per heavy atom. The molecule has 0 aliphatic carbocycles. The van der Waals surface area contributed by atoms with Crippen LogP contribution in [-0.4, -0.2) is 45.5 Å². The molecule has 16 heavy (non-hydrogen) atoms. The molecule has 0 aliphatic heterocycles. The predicted molar refractivity (Wildman–Crippen MR) is 56.6 cm³/mol. The fourth-order valence-electron chi connectivity index (χ4n) is 1.10. The van der Waals surface area contributed by atoms with Gasteiger partial charge in [-0.25, -0.2) is 4.98 Å². The predicted octanol–water partition coefficient (Wildman–Crippen LogP) is -0.515. The Labute approximate surface area is 93.0 Å². The number of carbonyl (C=O) groups is 2. The Kier molecular flexibility index (Phi) is 3.60. The number of nitrogens with zero attached hydrogens (tertiary/aromatic N) is 3. The summed E-state index contributed by atoms with van der Waals surface area (Å²) in [6.45, 7) is 3.72. The van der Waals surface area contributed by atoms with Crippen molar-refractivity contribution in [2.75, 3.05) is 13.6 Å². The van der Waals surface area contributed by atoms with E-state index in [1.54, 1.807) is 0 Å². The van der Waals surface area contributed by atoms with Crippen molar-refractivity contribution in [2.45, 2.75) is 19.8 Å². The van der Waals surface area contributed by atoms with Crippen LogP contribution in [-0.2, 0) is 4.79 Å². The number of aromatic amines is 1. The number of likely N-dealkylation sites (N-methyl/N-ethyl adjacent to an activating group) is 1. The number of hydrogen-bond donors (Lipinski definition) is 2. The second-order valence-corrected chi connectivity index (χ2v) is 3.83. The van der Waals surface area contributed by atoms with Crippen LogP contribution in [0.4, 0.5) is 0 Å². The molecule has 88 valence electrons. The molecule has 1 heterocycles. The van der Waals surface area contributed by atoms with Gasteiger partial charge in [0.05, 0.1) is 6.54 Å². The van der Waals surface area contributed by atoms with E-state index in [0.29, 0.717) is 5.82 Å². The number of nitrogens with two attached hydrogens (primary N) is 1. The fraction of sp³-hybridized carbons (Fsp3) is 0.556. The molecule has 0 saturated carbocycles. The smallest absolute Gasteiger partial charge is 0.293 e. The Bertz CT molecular complexity index is 398. The van der Waals surface area contributed by atoms with E-state index in [0.717, 1.165) is 0 Å². The molecule has 0 bridgehead atoms. The van der Waals surface area contributed by atoms with Crippen LogP contribution in [0, 0.1) is 0 Å². The van der Waals surface area contributed by atoms with Gasteiger partial charge in [-0.05, 0) is 0 Å². The number of amides is 2. The van der Waals surface area contributed by atoms with Gasteiger partial charge < -0.3 is 10.6 Å². The van der Waals surface area contributed by atoms with E-state index in [2.05, 4.69) is 15.2 Å². The van der Waals surface area contributed by atoms with Crippen molar-refractivity contribution < 1.29 is 9.59 Å². The summed E-state index contributed by atoms with van der Waals surface area (Å²) < 4.78 is 0. The van der Waals surface area contributed by atoms with E-state index < -0.39 is 11.8 Å². The first-order valence-electron chi connectivity index (χ1n) is 4.88. The van der Waals surface area contributed by atoms with Crippen LogP contribution in [0.3, 0.4) is 0 Å². The largest absolute Gasteiger partial charge is 0.368 e. The first kappa shape index (κ1) is 12.2. The molecule has 1 aromatic heterocycles. The zero-order valence-electron chi connectivity index (χ0n) is 9.52. The van der Waals surface area contributed by atoms with Crippen molar-refractivity contribution in [3.05, 3.63) is 11.6 Å². The van der Waals surface area contributed by atoms with Crippen LogP contribution in [0.25, 0.3) is 0 Å². The highest BCUT2D eigenvalue weighted by atomic mass is 16.2. The summed E-state index contributed by atoms with van der Waals surface area (Å²) in [4.78, 5) is 27.5. The van der Waals surface area contributed by atoms with Gasteiger partial charge in [-0.2, -0.15) is 0 Å². The summed E-state index contributed by atoms with van der Waals surface area (Å²) >= 11 is 0. The second-order valence-electron chi connectivity index (χ2n) is 3.83. The molecule has 7 nitrogen and oxygen atoms in total. The zero-order valence-corrected chi connectivity index (χ0v) is 9.52. The van der Waals surface area contributed by atoms with Crippen molar-refractivity contribution in [3.8, 4) is 0 Å². The van der Waals surface area contributed by atoms with Crippen molar-refractivity contribution in [1.29, 1.82) is 0 Å². The van der Waals surface area contributed by atoms with Gasteiger partial charge in [0.25, 0.3) is 5.91 Å². The lowest BCUT2D eigenvalue weighted by Gasteiger charge is -2.11. The van der Waals surface area contributed by atoms with E-state index in [9.17, 15) is 9.59 Å². The third-order valence-corrected chi connectivity index (χ3v) is 1.98. The number of nitrogens with one attached hydrogen (secondary N) is 1. The molecule has 1 aromatic rings. The number of carbonyl (C=O) groups excluding carboxylic acids is 2. The summed E-state index contributed by atoms with van der Waals surface area (Å²) in [5.41, 5.74) is 4.98. The van der Waals surface area contributed by atoms with Crippen molar-refractivity contribution >= 4 is 11.8 Å². The van der Waals surface area contributed by atoms with Gasteiger partial charge in [-0.15, -0.1) is 5.10 Å². The molecule has 0 aliphatic rings. The second kappa shape index (κ2) is 4.73. The molecule has 3 N–H and O–H groups in total. The third kappa shape index (κ3) is 2.78. The van der Waals surface area contributed by atoms with Crippen LogP contribution in [0.15, 0.2) is 0 Å². The highest BCUT2D eigenvalue weighted by Crippen LogP contribution is 2.08. The van der Waals surface area contributed by atoms with Crippen LogP contribution in [0.2, 0.25) is 0 Å². The maximum absolute atomic E-state index is 11.7. The Hall–Kier alpha value is -1.92. The van der Waals surface area contributed by atoms with Crippen LogP contribution in [0.1, 0.15) is 36.2 Å². The Balaban J connectivity index is 2.76. The number of H-pyrrole nitrogens is 1. The highest BCUT2D eigenvalue weighted by molar-refractivity contribution is 5.92. The summed E-state index contributed by atoms with van der Waals surface area (Å²) in [6, 6.07) is 0. The maximum Gasteiger partial charge on any atom is 0.293 e. The minimum atomic E-state index is -0.574. The molecule has 1 rings (SSSR count). The van der Waals surface area contributed by atoms with E-state index >= 15 is 0 Å². The highest BCUT2D eigenvalue weighted by Gasteiger charge is 2.18. The van der Waals surface area contributed by atoms with Crippen molar-refractivity contribution in [2.24, 2.45) is 5.73 Å². The van der Waals surface area contributed by atoms with E-state index in [1.807, 2.05) is 13.8 Å². The number of hydrogen-bond acceptors (Lipinski definition) is 4. The Morgan fingerprint density at radius 2 is 2.12 bits per heavy atom. The number of primary amides is 1. The quantitative estimate of drug-likeness (QED) is 0.719. The van der Waals surface area contributed by atoms with Crippen molar-refractivity contribution in [1.82, 2.24) is 20.1 Å². The monoisotopic (exact) mass is 225 g/mol. The van der Waals surface area contributed by atoms with Gasteiger partial charge in [0.2, 0.25) is 11.7 Å². The van der Waals surface area contributed by atoms with Gasteiger partial charge in [0.15, 0.2) is 0 Å². The van der Waals surface area contributed by atoms with Crippen LogP contribution >= 0.6 is 0 Å². The molecular formula is C9H15N5O2. The third-order valence-electron chi connectivity index (χ3n) is 1.98. The first-order valence-corrected chi connectivity index (χ1v) is 4.88. The lowest BCUT2D eigenvalue weighted by Crippen LogP contribution is -2.35. The maximum atomic E-state index is 11.7. The molecule has 0 unspecified atom stereocenters. The average molecular weight is 225 g/mol. The molecule has 0 saturated heterocycles. The van der Waals surface area contributed by atoms with E-state index in [4.69, 9.17) is 5.73 Å². The van der Waals surface area contributed by atoms with E-state index in [1.165, 1.54) is 11.9 Å². The normalized spacial score (nSPS) is 10.5.